The zero-order valence-corrected chi connectivity index (χ0v) is 20.7. The van der Waals surface area contributed by atoms with Crippen molar-refractivity contribution < 1.29 is 19.1 Å². The quantitative estimate of drug-likeness (QED) is 0.111. The number of aryl methyl sites for hydroxylation is 1. The molecule has 1 aromatic rings. The van der Waals surface area contributed by atoms with Gasteiger partial charge in [-0.2, -0.15) is 0 Å². The molecule has 0 bridgehead atoms. The summed E-state index contributed by atoms with van der Waals surface area (Å²) >= 11 is 6.03. The SMILES string of the molecule is CCCCCCCCCCCCOC(=O)C(CC)(CC)C(=O)Oc1ccc(Cl)c(C)c1. The number of benzene rings is 1. The summed E-state index contributed by atoms with van der Waals surface area (Å²) in [5, 5.41) is 0.605. The molecule has 176 valence electrons. The summed E-state index contributed by atoms with van der Waals surface area (Å²) in [5.74, 6) is -0.655. The van der Waals surface area contributed by atoms with Crippen molar-refractivity contribution in [1.29, 1.82) is 0 Å². The zero-order chi connectivity index (χ0) is 23.1. The normalized spacial score (nSPS) is 11.4. The fourth-order valence-corrected chi connectivity index (χ4v) is 3.81. The maximum Gasteiger partial charge on any atom is 0.328 e. The lowest BCUT2D eigenvalue weighted by Gasteiger charge is -2.26. The first-order chi connectivity index (χ1) is 14.9. The van der Waals surface area contributed by atoms with Gasteiger partial charge in [0.25, 0.3) is 0 Å². The lowest BCUT2D eigenvalue weighted by atomic mass is 9.82. The maximum atomic E-state index is 12.9. The minimum absolute atomic E-state index is 0.339. The number of rotatable bonds is 16. The van der Waals surface area contributed by atoms with Crippen molar-refractivity contribution in [2.24, 2.45) is 5.41 Å². The summed E-state index contributed by atoms with van der Waals surface area (Å²) < 4.78 is 11.0. The third-order valence-corrected chi connectivity index (χ3v) is 6.48. The summed E-state index contributed by atoms with van der Waals surface area (Å²) in [6.07, 6.45) is 12.9. The van der Waals surface area contributed by atoms with E-state index in [4.69, 9.17) is 21.1 Å². The fraction of sp³-hybridized carbons (Fsp3) is 0.692. The van der Waals surface area contributed by atoms with Gasteiger partial charge in [0.05, 0.1) is 6.61 Å². The Morgan fingerprint density at radius 3 is 1.90 bits per heavy atom. The van der Waals surface area contributed by atoms with Gasteiger partial charge >= 0.3 is 11.9 Å². The number of esters is 2. The van der Waals surface area contributed by atoms with Crippen molar-refractivity contribution in [2.45, 2.75) is 105 Å². The highest BCUT2D eigenvalue weighted by Gasteiger charge is 2.46. The van der Waals surface area contributed by atoms with E-state index in [1.807, 2.05) is 20.8 Å². The molecule has 0 spiro atoms. The van der Waals surface area contributed by atoms with Crippen LogP contribution in [0, 0.1) is 12.3 Å². The first-order valence-corrected chi connectivity index (χ1v) is 12.4. The fourth-order valence-electron chi connectivity index (χ4n) is 3.69. The van der Waals surface area contributed by atoms with Crippen molar-refractivity contribution in [2.75, 3.05) is 6.61 Å². The molecular formula is C26H41ClO4. The number of ether oxygens (including phenoxy) is 2. The molecule has 0 heterocycles. The molecule has 0 aliphatic heterocycles. The lowest BCUT2D eigenvalue weighted by molar-refractivity contribution is -0.168. The predicted octanol–water partition coefficient (Wildman–Crippen LogP) is 7.82. The minimum atomic E-state index is -1.27. The zero-order valence-electron chi connectivity index (χ0n) is 19.9. The van der Waals surface area contributed by atoms with Crippen LogP contribution in [0.2, 0.25) is 5.02 Å². The van der Waals surface area contributed by atoms with E-state index in [-0.39, 0.29) is 0 Å². The average Bonchev–Trinajstić information content (AvgIpc) is 2.76. The Balaban J connectivity index is 2.41. The minimum Gasteiger partial charge on any atom is -0.465 e. The van der Waals surface area contributed by atoms with Crippen LogP contribution in [0.1, 0.15) is 103 Å². The van der Waals surface area contributed by atoms with Gasteiger partial charge in [0.1, 0.15) is 5.75 Å². The van der Waals surface area contributed by atoms with Crippen LogP contribution >= 0.6 is 11.6 Å². The summed E-state index contributed by atoms with van der Waals surface area (Å²) in [5.41, 5.74) is -0.458. The third kappa shape index (κ3) is 9.22. The largest absolute Gasteiger partial charge is 0.465 e. The monoisotopic (exact) mass is 452 g/mol. The van der Waals surface area contributed by atoms with Gasteiger partial charge in [-0.1, -0.05) is 90.2 Å². The van der Waals surface area contributed by atoms with Crippen LogP contribution in [0.5, 0.6) is 5.75 Å². The van der Waals surface area contributed by atoms with E-state index in [1.165, 1.54) is 44.9 Å². The Hall–Kier alpha value is -1.55. The smallest absolute Gasteiger partial charge is 0.328 e. The Kier molecular flexibility index (Phi) is 13.6. The van der Waals surface area contributed by atoms with Crippen LogP contribution in [-0.4, -0.2) is 18.5 Å². The second kappa shape index (κ2) is 15.3. The van der Waals surface area contributed by atoms with E-state index in [1.54, 1.807) is 18.2 Å². The van der Waals surface area contributed by atoms with Crippen LogP contribution in [0.15, 0.2) is 18.2 Å². The first-order valence-electron chi connectivity index (χ1n) is 12.1. The Morgan fingerprint density at radius 1 is 0.839 bits per heavy atom. The number of halogens is 1. The highest BCUT2D eigenvalue weighted by molar-refractivity contribution is 6.31. The van der Waals surface area contributed by atoms with E-state index in [0.717, 1.165) is 24.8 Å². The molecule has 0 N–H and O–H groups in total. The number of carbonyl (C=O) groups excluding carboxylic acids is 2. The molecular weight excluding hydrogens is 412 g/mol. The van der Waals surface area contributed by atoms with E-state index in [2.05, 4.69) is 6.92 Å². The lowest BCUT2D eigenvalue weighted by Crippen LogP contribution is -2.42. The van der Waals surface area contributed by atoms with E-state index < -0.39 is 17.4 Å². The van der Waals surface area contributed by atoms with E-state index in [9.17, 15) is 9.59 Å². The second-order valence-electron chi connectivity index (χ2n) is 8.41. The number of unbranched alkanes of at least 4 members (excludes halogenated alkanes) is 9. The van der Waals surface area contributed by atoms with Gasteiger partial charge < -0.3 is 9.47 Å². The molecule has 0 fully saturated rings. The van der Waals surface area contributed by atoms with Crippen LogP contribution in [0.4, 0.5) is 0 Å². The van der Waals surface area contributed by atoms with Gasteiger partial charge in [-0.25, -0.2) is 0 Å². The molecule has 4 nitrogen and oxygen atoms in total. The van der Waals surface area contributed by atoms with Crippen molar-refractivity contribution in [3.05, 3.63) is 28.8 Å². The van der Waals surface area contributed by atoms with Gasteiger partial charge in [-0.15, -0.1) is 0 Å². The Morgan fingerprint density at radius 2 is 1.39 bits per heavy atom. The highest BCUT2D eigenvalue weighted by atomic mass is 35.5. The van der Waals surface area contributed by atoms with Crippen LogP contribution in [-0.2, 0) is 14.3 Å². The molecule has 31 heavy (non-hydrogen) atoms. The average molecular weight is 453 g/mol. The van der Waals surface area contributed by atoms with Crippen LogP contribution in [0.3, 0.4) is 0 Å². The molecule has 5 heteroatoms. The Labute approximate surface area is 194 Å². The van der Waals surface area contributed by atoms with Gasteiger partial charge in [-0.05, 0) is 49.9 Å². The van der Waals surface area contributed by atoms with Gasteiger partial charge in [0.15, 0.2) is 5.41 Å². The predicted molar refractivity (Wildman–Crippen MR) is 128 cm³/mol. The molecule has 0 radical (unpaired) electrons. The van der Waals surface area contributed by atoms with Crippen molar-refractivity contribution in [3.8, 4) is 5.75 Å². The number of hydrogen-bond donors (Lipinski definition) is 0. The van der Waals surface area contributed by atoms with Crippen molar-refractivity contribution >= 4 is 23.5 Å². The molecule has 0 aliphatic carbocycles. The summed E-state index contributed by atoms with van der Waals surface area (Å²) in [4.78, 5) is 25.7. The second-order valence-corrected chi connectivity index (χ2v) is 8.81. The molecule has 0 saturated carbocycles. The maximum absolute atomic E-state index is 12.9. The third-order valence-electron chi connectivity index (χ3n) is 6.06. The highest BCUT2D eigenvalue weighted by Crippen LogP contribution is 2.32. The summed E-state index contributed by atoms with van der Waals surface area (Å²) in [6.45, 7) is 8.07. The topological polar surface area (TPSA) is 52.6 Å². The molecule has 0 atom stereocenters. The van der Waals surface area contributed by atoms with Crippen molar-refractivity contribution in [3.63, 3.8) is 0 Å². The molecule has 1 aromatic carbocycles. The molecule has 0 amide bonds. The standard InChI is InChI=1S/C26H41ClO4/c1-5-8-9-10-11-12-13-14-15-16-19-30-24(28)26(6-2,7-3)25(29)31-22-17-18-23(27)21(4)20-22/h17-18,20H,5-16,19H2,1-4H3. The van der Waals surface area contributed by atoms with Gasteiger partial charge in [-0.3, -0.25) is 9.59 Å². The summed E-state index contributed by atoms with van der Waals surface area (Å²) in [6, 6.07) is 5.02. The van der Waals surface area contributed by atoms with E-state index in [0.29, 0.717) is 30.2 Å². The number of carbonyl (C=O) groups is 2. The van der Waals surface area contributed by atoms with Crippen LogP contribution in [0.25, 0.3) is 0 Å². The molecule has 0 saturated heterocycles. The number of hydrogen-bond acceptors (Lipinski definition) is 4. The van der Waals surface area contributed by atoms with Gasteiger partial charge in [0, 0.05) is 5.02 Å². The molecule has 1 rings (SSSR count). The summed E-state index contributed by atoms with van der Waals surface area (Å²) in [7, 11) is 0. The molecule has 0 unspecified atom stereocenters. The van der Waals surface area contributed by atoms with Crippen molar-refractivity contribution in [1.82, 2.24) is 0 Å². The van der Waals surface area contributed by atoms with Crippen LogP contribution < -0.4 is 4.74 Å². The molecule has 0 aliphatic rings. The first kappa shape index (κ1) is 27.5. The van der Waals surface area contributed by atoms with Gasteiger partial charge in [0.2, 0.25) is 0 Å². The Bertz CT molecular complexity index is 667. The van der Waals surface area contributed by atoms with E-state index >= 15 is 0 Å². The molecule has 0 aromatic heterocycles.